The van der Waals surface area contributed by atoms with Crippen LogP contribution < -0.4 is 10.9 Å². The second kappa shape index (κ2) is 9.89. The summed E-state index contributed by atoms with van der Waals surface area (Å²) in [7, 11) is 0. The number of carbonyl (C=O) groups is 1. The third-order valence-corrected chi connectivity index (χ3v) is 6.94. The monoisotopic (exact) mass is 534 g/mol. The van der Waals surface area contributed by atoms with Crippen LogP contribution in [0.1, 0.15) is 35.7 Å². The minimum Gasteiger partial charge on any atom is -0.436 e. The molecule has 0 saturated carbocycles. The normalized spacial score (nSPS) is 11.4. The fourth-order valence-electron chi connectivity index (χ4n) is 4.48. The van der Waals surface area contributed by atoms with Crippen molar-refractivity contribution in [2.24, 2.45) is 0 Å². The highest BCUT2D eigenvalue weighted by atomic mass is 35.5. The lowest BCUT2D eigenvalue weighted by atomic mass is 10.0. The summed E-state index contributed by atoms with van der Waals surface area (Å²) in [6, 6.07) is 27.0. The van der Waals surface area contributed by atoms with Crippen molar-refractivity contribution in [3.05, 3.63) is 118 Å². The Morgan fingerprint density at radius 2 is 1.69 bits per heavy atom. The lowest BCUT2D eigenvalue weighted by Crippen LogP contribution is -2.12. The third kappa shape index (κ3) is 4.82. The number of anilines is 1. The summed E-state index contributed by atoms with van der Waals surface area (Å²) in [5.74, 6) is 0.400. The van der Waals surface area contributed by atoms with E-state index in [1.54, 1.807) is 54.6 Å². The molecule has 0 aliphatic heterocycles. The van der Waals surface area contributed by atoms with Crippen molar-refractivity contribution in [3.63, 3.8) is 0 Å². The molecule has 192 valence electrons. The van der Waals surface area contributed by atoms with Gasteiger partial charge in [0, 0.05) is 16.6 Å². The molecule has 1 amide bonds. The van der Waals surface area contributed by atoms with Crippen LogP contribution in [0.5, 0.6) is 0 Å². The van der Waals surface area contributed by atoms with Crippen molar-refractivity contribution in [3.8, 4) is 22.6 Å². The maximum absolute atomic E-state index is 13.2. The number of fused-ring (bicyclic) bond motifs is 2. The first-order valence-electron chi connectivity index (χ1n) is 12.5. The molecule has 0 aliphatic carbocycles. The zero-order valence-electron chi connectivity index (χ0n) is 21.2. The van der Waals surface area contributed by atoms with E-state index in [9.17, 15) is 9.59 Å². The van der Waals surface area contributed by atoms with Gasteiger partial charge in [0.15, 0.2) is 5.58 Å². The Kier molecular flexibility index (Phi) is 6.25. The van der Waals surface area contributed by atoms with Gasteiger partial charge in [-0.15, -0.1) is 0 Å². The lowest BCUT2D eigenvalue weighted by Gasteiger charge is -2.09. The fourth-order valence-corrected chi connectivity index (χ4v) is 4.68. The minimum atomic E-state index is -0.465. The zero-order valence-corrected chi connectivity index (χ0v) is 22.0. The first-order valence-corrected chi connectivity index (χ1v) is 12.9. The summed E-state index contributed by atoms with van der Waals surface area (Å²) >= 11 is 6.49. The zero-order chi connectivity index (χ0) is 27.1. The van der Waals surface area contributed by atoms with E-state index in [0.29, 0.717) is 55.9 Å². The molecule has 0 fully saturated rings. The molecule has 39 heavy (non-hydrogen) atoms. The second-order valence-corrected chi connectivity index (χ2v) is 10.0. The number of benzene rings is 4. The average Bonchev–Trinajstić information content (AvgIpc) is 3.37. The average molecular weight is 535 g/mol. The number of aromatic nitrogens is 1. The number of para-hydroxylation sites is 1. The Morgan fingerprint density at radius 3 is 2.54 bits per heavy atom. The maximum Gasteiger partial charge on any atom is 0.344 e. The van der Waals surface area contributed by atoms with Gasteiger partial charge in [-0.05, 0) is 71.6 Å². The molecule has 7 heteroatoms. The van der Waals surface area contributed by atoms with Gasteiger partial charge in [-0.1, -0.05) is 61.8 Å². The van der Waals surface area contributed by atoms with E-state index in [1.165, 1.54) is 0 Å². The van der Waals surface area contributed by atoms with Gasteiger partial charge in [0.2, 0.25) is 5.89 Å². The highest BCUT2D eigenvalue weighted by molar-refractivity contribution is 6.33. The summed E-state index contributed by atoms with van der Waals surface area (Å²) in [6.45, 7) is 4.25. The van der Waals surface area contributed by atoms with Crippen molar-refractivity contribution >= 4 is 45.3 Å². The van der Waals surface area contributed by atoms with Gasteiger partial charge < -0.3 is 14.2 Å². The molecule has 4 aromatic carbocycles. The van der Waals surface area contributed by atoms with Crippen molar-refractivity contribution < 1.29 is 13.6 Å². The standard InChI is InChI=1S/C32H23ClN2O4/c1-18(2)19-10-13-29-27(16-19)35-31(38-29)25-17-23(11-12-26(25)33)34-30(36)22-8-5-7-20(14-22)24-15-21-6-3-4-9-28(21)39-32(24)37/h3-18H,1-2H3,(H,34,36). The summed E-state index contributed by atoms with van der Waals surface area (Å²) in [6.07, 6.45) is 0. The van der Waals surface area contributed by atoms with E-state index in [1.807, 2.05) is 36.4 Å². The number of carbonyl (C=O) groups excluding carboxylic acids is 1. The smallest absolute Gasteiger partial charge is 0.344 e. The van der Waals surface area contributed by atoms with Crippen molar-refractivity contribution in [2.75, 3.05) is 5.32 Å². The van der Waals surface area contributed by atoms with E-state index >= 15 is 0 Å². The van der Waals surface area contributed by atoms with Gasteiger partial charge in [-0.2, -0.15) is 0 Å². The molecule has 6 aromatic rings. The second-order valence-electron chi connectivity index (χ2n) is 9.62. The van der Waals surface area contributed by atoms with Crippen LogP contribution in [0.2, 0.25) is 5.02 Å². The van der Waals surface area contributed by atoms with Crippen LogP contribution in [0.3, 0.4) is 0 Å². The Bertz CT molecular complexity index is 1940. The highest BCUT2D eigenvalue weighted by Crippen LogP contribution is 2.33. The van der Waals surface area contributed by atoms with Crippen LogP contribution in [0.15, 0.2) is 105 Å². The molecular weight excluding hydrogens is 512 g/mol. The molecule has 0 radical (unpaired) electrons. The predicted molar refractivity (Wildman–Crippen MR) is 154 cm³/mol. The Labute approximate surface area is 228 Å². The molecule has 0 unspecified atom stereocenters. The Morgan fingerprint density at radius 1 is 0.846 bits per heavy atom. The fraction of sp³-hybridized carbons (Fsp3) is 0.0938. The van der Waals surface area contributed by atoms with Gasteiger partial charge in [0.25, 0.3) is 5.91 Å². The first-order chi connectivity index (χ1) is 18.9. The SMILES string of the molecule is CC(C)c1ccc2oc(-c3cc(NC(=O)c4cccc(-c5cc6ccccc6oc5=O)c4)ccc3Cl)nc2c1. The van der Waals surface area contributed by atoms with Crippen LogP contribution in [-0.2, 0) is 0 Å². The van der Waals surface area contributed by atoms with Crippen molar-refractivity contribution in [1.82, 2.24) is 4.98 Å². The van der Waals surface area contributed by atoms with E-state index in [-0.39, 0.29) is 5.91 Å². The quantitative estimate of drug-likeness (QED) is 0.225. The molecule has 6 nitrogen and oxygen atoms in total. The molecule has 0 bridgehead atoms. The summed E-state index contributed by atoms with van der Waals surface area (Å²) in [5.41, 5.74) is 5.08. The maximum atomic E-state index is 13.2. The number of oxazole rings is 1. The molecule has 6 rings (SSSR count). The number of rotatable bonds is 5. The number of nitrogens with zero attached hydrogens (tertiary/aromatic N) is 1. The van der Waals surface area contributed by atoms with Gasteiger partial charge >= 0.3 is 5.63 Å². The molecule has 0 spiro atoms. The van der Waals surface area contributed by atoms with Crippen molar-refractivity contribution in [2.45, 2.75) is 19.8 Å². The molecule has 0 aliphatic rings. The van der Waals surface area contributed by atoms with E-state index in [4.69, 9.17) is 20.4 Å². The number of hydrogen-bond acceptors (Lipinski definition) is 5. The number of amides is 1. The lowest BCUT2D eigenvalue weighted by molar-refractivity contribution is 0.102. The minimum absolute atomic E-state index is 0.338. The van der Waals surface area contributed by atoms with E-state index in [2.05, 4.69) is 24.1 Å². The van der Waals surface area contributed by atoms with Crippen LogP contribution in [0.4, 0.5) is 5.69 Å². The van der Waals surface area contributed by atoms with Gasteiger partial charge in [-0.3, -0.25) is 4.79 Å². The molecule has 1 N–H and O–H groups in total. The van der Waals surface area contributed by atoms with Crippen molar-refractivity contribution in [1.29, 1.82) is 0 Å². The number of nitrogens with one attached hydrogen (secondary N) is 1. The van der Waals surface area contributed by atoms with Crippen LogP contribution in [0.25, 0.3) is 44.7 Å². The van der Waals surface area contributed by atoms with E-state index < -0.39 is 5.63 Å². The van der Waals surface area contributed by atoms with Crippen LogP contribution in [-0.4, -0.2) is 10.9 Å². The van der Waals surface area contributed by atoms with E-state index in [0.717, 1.165) is 16.5 Å². The highest BCUT2D eigenvalue weighted by Gasteiger charge is 2.16. The topological polar surface area (TPSA) is 85.3 Å². The van der Waals surface area contributed by atoms with Crippen LogP contribution in [0, 0.1) is 0 Å². The van der Waals surface area contributed by atoms with Gasteiger partial charge in [-0.25, -0.2) is 9.78 Å². The largest absolute Gasteiger partial charge is 0.436 e. The Hall–Kier alpha value is -4.68. The number of hydrogen-bond donors (Lipinski definition) is 1. The molecular formula is C32H23ClN2O4. The Balaban J connectivity index is 1.29. The predicted octanol–water partition coefficient (Wildman–Crippen LogP) is 8.30. The summed E-state index contributed by atoms with van der Waals surface area (Å²) in [4.78, 5) is 30.5. The number of halogens is 1. The van der Waals surface area contributed by atoms with Crippen LogP contribution >= 0.6 is 11.6 Å². The summed E-state index contributed by atoms with van der Waals surface area (Å²) in [5, 5.41) is 4.16. The molecule has 0 saturated heterocycles. The molecule has 2 aromatic heterocycles. The molecule has 0 atom stereocenters. The summed E-state index contributed by atoms with van der Waals surface area (Å²) < 4.78 is 11.4. The third-order valence-electron chi connectivity index (χ3n) is 6.61. The molecule has 2 heterocycles. The van der Waals surface area contributed by atoms with Gasteiger partial charge in [0.05, 0.1) is 16.1 Å². The van der Waals surface area contributed by atoms with Gasteiger partial charge in [0.1, 0.15) is 11.1 Å². The first kappa shape index (κ1) is 24.6.